The first kappa shape index (κ1) is 18.5. The molecule has 0 saturated heterocycles. The van der Waals surface area contributed by atoms with Gasteiger partial charge in [0.15, 0.2) is 11.5 Å². The summed E-state index contributed by atoms with van der Waals surface area (Å²) >= 11 is 0. The second-order valence-corrected chi connectivity index (χ2v) is 6.60. The molecule has 146 valence electrons. The lowest BCUT2D eigenvalue weighted by atomic mass is 10.1. The quantitative estimate of drug-likeness (QED) is 0.515. The monoisotopic (exact) mass is 387 g/mol. The first-order valence-corrected chi connectivity index (χ1v) is 9.18. The summed E-state index contributed by atoms with van der Waals surface area (Å²) in [6, 6.07) is 13.4. The zero-order valence-corrected chi connectivity index (χ0v) is 16.1. The van der Waals surface area contributed by atoms with E-state index in [1.165, 1.54) is 7.11 Å². The molecule has 2 aromatic heterocycles. The van der Waals surface area contributed by atoms with Crippen LogP contribution >= 0.6 is 0 Å². The number of phenolic OH excluding ortho intramolecular Hbond substituents is 1. The minimum absolute atomic E-state index is 0.0470. The van der Waals surface area contributed by atoms with Crippen molar-refractivity contribution in [1.82, 2.24) is 19.5 Å². The van der Waals surface area contributed by atoms with Gasteiger partial charge in [-0.15, -0.1) is 0 Å². The third-order valence-electron chi connectivity index (χ3n) is 4.67. The van der Waals surface area contributed by atoms with Crippen LogP contribution in [0.5, 0.6) is 11.5 Å². The molecule has 7 nitrogen and oxygen atoms in total. The maximum atomic E-state index is 9.78. The van der Waals surface area contributed by atoms with Crippen molar-refractivity contribution in [3.05, 3.63) is 79.1 Å². The molecule has 0 amide bonds. The van der Waals surface area contributed by atoms with E-state index in [1.54, 1.807) is 43.1 Å². The Kier molecular flexibility index (Phi) is 5.11. The largest absolute Gasteiger partial charge is 0.504 e. The predicted molar refractivity (Wildman–Crippen MR) is 111 cm³/mol. The van der Waals surface area contributed by atoms with Crippen molar-refractivity contribution in [3.8, 4) is 28.4 Å². The SMILES string of the molecule is COc1cc(-c2cncc(N[C@@H](C)c3ccc(-n4ccnc4)cc3)n2)ccc1O. The lowest BCUT2D eigenvalue weighted by molar-refractivity contribution is 0.373. The summed E-state index contributed by atoms with van der Waals surface area (Å²) in [6.45, 7) is 2.07. The molecular formula is C22H21N5O2. The number of ether oxygens (including phenoxy) is 1. The van der Waals surface area contributed by atoms with E-state index in [1.807, 2.05) is 10.8 Å². The van der Waals surface area contributed by atoms with Crippen molar-refractivity contribution in [2.24, 2.45) is 0 Å². The van der Waals surface area contributed by atoms with Gasteiger partial charge in [-0.3, -0.25) is 4.98 Å². The average Bonchev–Trinajstić information content (AvgIpc) is 3.29. The van der Waals surface area contributed by atoms with Crippen molar-refractivity contribution in [3.63, 3.8) is 0 Å². The summed E-state index contributed by atoms with van der Waals surface area (Å²) in [5.41, 5.74) is 3.69. The van der Waals surface area contributed by atoms with Crippen LogP contribution in [0.2, 0.25) is 0 Å². The first-order chi connectivity index (χ1) is 14.1. The maximum Gasteiger partial charge on any atom is 0.161 e. The van der Waals surface area contributed by atoms with Crippen LogP contribution in [-0.2, 0) is 0 Å². The van der Waals surface area contributed by atoms with Crippen molar-refractivity contribution in [2.75, 3.05) is 12.4 Å². The molecule has 29 heavy (non-hydrogen) atoms. The van der Waals surface area contributed by atoms with Gasteiger partial charge >= 0.3 is 0 Å². The molecular weight excluding hydrogens is 366 g/mol. The van der Waals surface area contributed by atoms with E-state index in [-0.39, 0.29) is 11.8 Å². The van der Waals surface area contributed by atoms with E-state index in [9.17, 15) is 5.11 Å². The van der Waals surface area contributed by atoms with Gasteiger partial charge in [0.25, 0.3) is 0 Å². The maximum absolute atomic E-state index is 9.78. The van der Waals surface area contributed by atoms with E-state index in [4.69, 9.17) is 4.74 Å². The van der Waals surface area contributed by atoms with E-state index in [2.05, 4.69) is 51.5 Å². The van der Waals surface area contributed by atoms with Gasteiger partial charge in [0, 0.05) is 29.7 Å². The van der Waals surface area contributed by atoms with E-state index in [0.717, 1.165) is 16.8 Å². The molecule has 1 atom stereocenters. The van der Waals surface area contributed by atoms with Crippen LogP contribution in [0.25, 0.3) is 16.9 Å². The highest BCUT2D eigenvalue weighted by molar-refractivity contribution is 5.64. The Hall–Kier alpha value is -3.87. The smallest absolute Gasteiger partial charge is 0.161 e. The second-order valence-electron chi connectivity index (χ2n) is 6.60. The Morgan fingerprint density at radius 2 is 1.90 bits per heavy atom. The summed E-state index contributed by atoms with van der Waals surface area (Å²) in [5.74, 6) is 1.15. The molecule has 7 heteroatoms. The molecule has 4 aromatic rings. The lowest BCUT2D eigenvalue weighted by Crippen LogP contribution is -2.08. The fourth-order valence-corrected chi connectivity index (χ4v) is 3.06. The molecule has 4 rings (SSSR count). The fraction of sp³-hybridized carbons (Fsp3) is 0.136. The summed E-state index contributed by atoms with van der Waals surface area (Å²) in [4.78, 5) is 13.0. The molecule has 0 aliphatic carbocycles. The Morgan fingerprint density at radius 1 is 1.07 bits per heavy atom. The van der Waals surface area contributed by atoms with Crippen molar-refractivity contribution in [1.29, 1.82) is 0 Å². The van der Waals surface area contributed by atoms with E-state index in [0.29, 0.717) is 17.3 Å². The molecule has 0 fully saturated rings. The highest BCUT2D eigenvalue weighted by Gasteiger charge is 2.10. The lowest BCUT2D eigenvalue weighted by Gasteiger charge is -2.16. The van der Waals surface area contributed by atoms with E-state index < -0.39 is 0 Å². The molecule has 2 aromatic carbocycles. The van der Waals surface area contributed by atoms with Crippen LogP contribution in [0.3, 0.4) is 0 Å². The number of phenols is 1. The topological polar surface area (TPSA) is 85.1 Å². The summed E-state index contributed by atoms with van der Waals surface area (Å²) in [6.07, 6.45) is 8.82. The number of benzene rings is 2. The number of nitrogens with one attached hydrogen (secondary N) is 1. The van der Waals surface area contributed by atoms with Crippen molar-refractivity contribution >= 4 is 5.82 Å². The van der Waals surface area contributed by atoms with Gasteiger partial charge in [0.1, 0.15) is 5.82 Å². The molecule has 0 spiro atoms. The molecule has 0 unspecified atom stereocenters. The molecule has 0 bridgehead atoms. The number of nitrogens with zero attached hydrogens (tertiary/aromatic N) is 4. The first-order valence-electron chi connectivity index (χ1n) is 9.18. The number of hydrogen-bond acceptors (Lipinski definition) is 6. The Balaban J connectivity index is 1.52. The molecule has 0 saturated carbocycles. The van der Waals surface area contributed by atoms with E-state index >= 15 is 0 Å². The Labute approximate surface area is 168 Å². The predicted octanol–water partition coefficient (Wildman–Crippen LogP) is 4.22. The van der Waals surface area contributed by atoms with Gasteiger partial charge in [0.2, 0.25) is 0 Å². The fourth-order valence-electron chi connectivity index (χ4n) is 3.06. The van der Waals surface area contributed by atoms with Crippen LogP contribution in [0.15, 0.2) is 73.6 Å². The zero-order valence-electron chi connectivity index (χ0n) is 16.1. The summed E-state index contributed by atoms with van der Waals surface area (Å²) in [5, 5.41) is 13.2. The third-order valence-corrected chi connectivity index (χ3v) is 4.67. The number of rotatable bonds is 6. The molecule has 2 N–H and O–H groups in total. The van der Waals surface area contributed by atoms with Crippen LogP contribution in [0.4, 0.5) is 5.82 Å². The van der Waals surface area contributed by atoms with Crippen molar-refractivity contribution in [2.45, 2.75) is 13.0 Å². The third kappa shape index (κ3) is 4.03. The Morgan fingerprint density at radius 3 is 2.62 bits per heavy atom. The van der Waals surface area contributed by atoms with Crippen LogP contribution in [0, 0.1) is 0 Å². The summed E-state index contributed by atoms with van der Waals surface area (Å²) in [7, 11) is 1.52. The molecule has 0 aliphatic heterocycles. The normalized spacial score (nSPS) is 11.8. The van der Waals surface area contributed by atoms with Crippen LogP contribution in [-0.4, -0.2) is 31.7 Å². The number of aromatic nitrogens is 4. The number of aromatic hydroxyl groups is 1. The second kappa shape index (κ2) is 8.02. The van der Waals surface area contributed by atoms with Crippen LogP contribution < -0.4 is 10.1 Å². The number of imidazole rings is 1. The van der Waals surface area contributed by atoms with Gasteiger partial charge in [0.05, 0.1) is 31.5 Å². The standard InChI is InChI=1S/C22H21N5O2/c1-15(16-3-6-18(7-4-16)27-10-9-23-14-27)25-22-13-24-12-19(26-22)17-5-8-20(28)21(11-17)29-2/h3-15,28H,1-2H3,(H,25,26)/t15-/m0/s1. The van der Waals surface area contributed by atoms with Crippen LogP contribution in [0.1, 0.15) is 18.5 Å². The van der Waals surface area contributed by atoms with Gasteiger partial charge in [-0.1, -0.05) is 12.1 Å². The highest BCUT2D eigenvalue weighted by Crippen LogP contribution is 2.31. The highest BCUT2D eigenvalue weighted by atomic mass is 16.5. The number of hydrogen-bond donors (Lipinski definition) is 2. The zero-order chi connectivity index (χ0) is 20.2. The number of methoxy groups -OCH3 is 1. The minimum atomic E-state index is 0.0470. The Bertz CT molecular complexity index is 1090. The summed E-state index contributed by atoms with van der Waals surface area (Å²) < 4.78 is 7.14. The van der Waals surface area contributed by atoms with Gasteiger partial charge in [-0.25, -0.2) is 9.97 Å². The number of anilines is 1. The minimum Gasteiger partial charge on any atom is -0.504 e. The van der Waals surface area contributed by atoms with Gasteiger partial charge < -0.3 is 19.7 Å². The average molecular weight is 387 g/mol. The molecule has 0 aliphatic rings. The van der Waals surface area contributed by atoms with Crippen molar-refractivity contribution < 1.29 is 9.84 Å². The molecule has 2 heterocycles. The molecule has 0 radical (unpaired) electrons. The van der Waals surface area contributed by atoms with Gasteiger partial charge in [-0.05, 0) is 42.8 Å². The van der Waals surface area contributed by atoms with Gasteiger partial charge in [-0.2, -0.15) is 0 Å².